The lowest BCUT2D eigenvalue weighted by Crippen LogP contribution is -2.35. The molecule has 2 fully saturated rings. The number of aliphatic hydroxyl groups is 1. The lowest BCUT2D eigenvalue weighted by molar-refractivity contribution is -0.197. The first-order valence-corrected chi connectivity index (χ1v) is 14.3. The van der Waals surface area contributed by atoms with E-state index >= 15 is 0 Å². The topological polar surface area (TPSA) is 91.3 Å². The van der Waals surface area contributed by atoms with Crippen molar-refractivity contribution in [1.29, 1.82) is 0 Å². The number of rotatable bonds is 10. The van der Waals surface area contributed by atoms with Crippen molar-refractivity contribution in [2.45, 2.75) is 110 Å². The molecule has 0 saturated heterocycles. The molecule has 7 nitrogen and oxygen atoms in total. The second-order valence-electron chi connectivity index (χ2n) is 13.1. The molecule has 1 atom stereocenters. The smallest absolute Gasteiger partial charge is 0.309 e. The first-order chi connectivity index (χ1) is 17.8. The van der Waals surface area contributed by atoms with Crippen LogP contribution in [0.15, 0.2) is 18.2 Å². The normalized spacial score (nSPS) is 25.3. The van der Waals surface area contributed by atoms with Crippen molar-refractivity contribution in [3.8, 4) is 11.5 Å². The van der Waals surface area contributed by atoms with Gasteiger partial charge < -0.3 is 24.1 Å². The Balaban J connectivity index is 1.41. The molecule has 0 bridgehead atoms. The Kier molecular flexibility index (Phi) is 10.6. The summed E-state index contributed by atoms with van der Waals surface area (Å²) in [5.41, 5.74) is -0.325. The van der Waals surface area contributed by atoms with Crippen LogP contribution in [0.4, 0.5) is 0 Å². The van der Waals surface area contributed by atoms with E-state index in [0.29, 0.717) is 42.1 Å². The highest BCUT2D eigenvalue weighted by atomic mass is 16.6. The maximum atomic E-state index is 12.3. The first kappa shape index (κ1) is 30.4. The molecule has 38 heavy (non-hydrogen) atoms. The van der Waals surface area contributed by atoms with E-state index < -0.39 is 11.9 Å². The van der Waals surface area contributed by atoms with E-state index in [-0.39, 0.29) is 23.4 Å². The lowest BCUT2D eigenvalue weighted by atomic mass is 9.82. The van der Waals surface area contributed by atoms with Crippen molar-refractivity contribution in [2.75, 3.05) is 13.2 Å². The SMILES string of the molecule is CC(C)(C)OC(=O)C1CCC(COc2ccc(OCC3CCC(C(O)OC(C)(C)C)CC3)c(C=O)c2)CC1. The van der Waals surface area contributed by atoms with Gasteiger partial charge in [-0.15, -0.1) is 0 Å². The Hall–Kier alpha value is -2.12. The molecule has 0 radical (unpaired) electrons. The summed E-state index contributed by atoms with van der Waals surface area (Å²) in [6, 6.07) is 5.41. The minimum Gasteiger partial charge on any atom is -0.493 e. The van der Waals surface area contributed by atoms with Gasteiger partial charge >= 0.3 is 5.97 Å². The van der Waals surface area contributed by atoms with Gasteiger partial charge in [0.05, 0.1) is 30.3 Å². The molecule has 0 aromatic heterocycles. The Labute approximate surface area is 228 Å². The van der Waals surface area contributed by atoms with E-state index in [1.807, 2.05) is 53.7 Å². The molecule has 3 rings (SSSR count). The van der Waals surface area contributed by atoms with Gasteiger partial charge in [0.2, 0.25) is 0 Å². The van der Waals surface area contributed by atoms with E-state index in [4.69, 9.17) is 18.9 Å². The van der Waals surface area contributed by atoms with Gasteiger partial charge in [-0.25, -0.2) is 0 Å². The van der Waals surface area contributed by atoms with Gasteiger partial charge in [0, 0.05) is 5.92 Å². The highest BCUT2D eigenvalue weighted by Gasteiger charge is 2.31. The van der Waals surface area contributed by atoms with Crippen molar-refractivity contribution in [1.82, 2.24) is 0 Å². The molecule has 1 N–H and O–H groups in total. The van der Waals surface area contributed by atoms with Crippen LogP contribution in [-0.2, 0) is 14.3 Å². The summed E-state index contributed by atoms with van der Waals surface area (Å²) in [6.07, 6.45) is 7.29. The lowest BCUT2D eigenvalue weighted by Gasteiger charge is -2.34. The summed E-state index contributed by atoms with van der Waals surface area (Å²) in [4.78, 5) is 24.1. The molecule has 7 heteroatoms. The predicted molar refractivity (Wildman–Crippen MR) is 146 cm³/mol. The van der Waals surface area contributed by atoms with Gasteiger partial charge in [-0.1, -0.05) is 0 Å². The van der Waals surface area contributed by atoms with Crippen LogP contribution in [0.3, 0.4) is 0 Å². The minimum atomic E-state index is -0.730. The molecule has 0 aliphatic heterocycles. The largest absolute Gasteiger partial charge is 0.493 e. The number of carbonyl (C=O) groups is 2. The van der Waals surface area contributed by atoms with Gasteiger partial charge in [-0.3, -0.25) is 9.59 Å². The van der Waals surface area contributed by atoms with Gasteiger partial charge in [-0.05, 0) is 123 Å². The second kappa shape index (κ2) is 13.3. The summed E-state index contributed by atoms with van der Waals surface area (Å²) >= 11 is 0. The van der Waals surface area contributed by atoms with E-state index in [1.54, 1.807) is 6.07 Å². The number of ether oxygens (including phenoxy) is 4. The number of esters is 1. The number of aliphatic hydroxyl groups excluding tert-OH is 1. The van der Waals surface area contributed by atoms with E-state index in [1.165, 1.54) is 0 Å². The van der Waals surface area contributed by atoms with Crippen molar-refractivity contribution in [3.63, 3.8) is 0 Å². The van der Waals surface area contributed by atoms with Crippen LogP contribution in [0, 0.1) is 23.7 Å². The van der Waals surface area contributed by atoms with Crippen LogP contribution in [0.1, 0.15) is 103 Å². The number of carbonyl (C=O) groups excluding carboxylic acids is 2. The maximum absolute atomic E-state index is 12.3. The fraction of sp³-hybridized carbons (Fsp3) is 0.742. The number of aldehydes is 1. The highest BCUT2D eigenvalue weighted by Crippen LogP contribution is 2.34. The fourth-order valence-electron chi connectivity index (χ4n) is 5.31. The third-order valence-electron chi connectivity index (χ3n) is 7.42. The Bertz CT molecular complexity index is 898. The average molecular weight is 533 g/mol. The molecule has 1 aromatic carbocycles. The Morgan fingerprint density at radius 3 is 2.03 bits per heavy atom. The predicted octanol–water partition coefficient (Wildman–Crippen LogP) is 6.34. The molecule has 1 aromatic rings. The zero-order valence-electron chi connectivity index (χ0n) is 24.2. The summed E-state index contributed by atoms with van der Waals surface area (Å²) in [5.74, 6) is 2.03. The molecule has 1 unspecified atom stereocenters. The third-order valence-corrected chi connectivity index (χ3v) is 7.42. The molecule has 0 spiro atoms. The van der Waals surface area contributed by atoms with E-state index in [0.717, 1.165) is 57.7 Å². The van der Waals surface area contributed by atoms with Crippen molar-refractivity contribution < 1.29 is 33.6 Å². The molecule has 2 aliphatic rings. The van der Waals surface area contributed by atoms with E-state index in [2.05, 4.69) is 0 Å². The van der Waals surface area contributed by atoms with Gasteiger partial charge in [0.1, 0.15) is 17.1 Å². The molecule has 214 valence electrons. The molecule has 0 amide bonds. The van der Waals surface area contributed by atoms with Crippen molar-refractivity contribution >= 4 is 12.3 Å². The molecule has 2 saturated carbocycles. The highest BCUT2D eigenvalue weighted by molar-refractivity contribution is 5.80. The minimum absolute atomic E-state index is 0.0273. The van der Waals surface area contributed by atoms with Gasteiger partial charge in [0.15, 0.2) is 12.6 Å². The van der Waals surface area contributed by atoms with Crippen LogP contribution in [0.5, 0.6) is 11.5 Å². The number of hydrogen-bond acceptors (Lipinski definition) is 7. The first-order valence-electron chi connectivity index (χ1n) is 14.3. The average Bonchev–Trinajstić information content (AvgIpc) is 2.85. The maximum Gasteiger partial charge on any atom is 0.309 e. The standard InChI is InChI=1S/C31H48O7/c1-30(2,3)37-28(33)23-11-7-21(8-12-23)19-35-26-15-16-27(25(17-26)18-32)36-20-22-9-13-24(14-10-22)29(34)38-31(4,5)6/h15-18,21-24,29,34H,7-14,19-20H2,1-6H3. The number of benzene rings is 1. The van der Waals surface area contributed by atoms with Crippen molar-refractivity contribution in [2.24, 2.45) is 23.7 Å². The summed E-state index contributed by atoms with van der Waals surface area (Å²) in [6.45, 7) is 12.7. The Morgan fingerprint density at radius 2 is 1.47 bits per heavy atom. The summed E-state index contributed by atoms with van der Waals surface area (Å²) in [5, 5.41) is 10.4. The third kappa shape index (κ3) is 9.88. The quantitative estimate of drug-likeness (QED) is 0.213. The molecule has 0 heterocycles. The zero-order chi connectivity index (χ0) is 27.9. The number of hydrogen-bond donors (Lipinski definition) is 1. The zero-order valence-corrected chi connectivity index (χ0v) is 24.2. The van der Waals surface area contributed by atoms with Crippen LogP contribution in [0.2, 0.25) is 0 Å². The fourth-order valence-corrected chi connectivity index (χ4v) is 5.31. The summed E-state index contributed by atoms with van der Waals surface area (Å²) < 4.78 is 23.3. The molecular formula is C31H48O7. The Morgan fingerprint density at radius 1 is 0.895 bits per heavy atom. The second-order valence-corrected chi connectivity index (χ2v) is 13.1. The van der Waals surface area contributed by atoms with Crippen molar-refractivity contribution in [3.05, 3.63) is 23.8 Å². The van der Waals surface area contributed by atoms with Crippen LogP contribution in [0.25, 0.3) is 0 Å². The summed E-state index contributed by atoms with van der Waals surface area (Å²) in [7, 11) is 0. The molecule has 2 aliphatic carbocycles. The van der Waals surface area contributed by atoms with Crippen LogP contribution >= 0.6 is 0 Å². The van der Waals surface area contributed by atoms with Gasteiger partial charge in [0.25, 0.3) is 0 Å². The van der Waals surface area contributed by atoms with Crippen LogP contribution in [-0.4, -0.2) is 48.1 Å². The van der Waals surface area contributed by atoms with Gasteiger partial charge in [-0.2, -0.15) is 0 Å². The van der Waals surface area contributed by atoms with Crippen LogP contribution < -0.4 is 9.47 Å². The molecular weight excluding hydrogens is 484 g/mol. The monoisotopic (exact) mass is 532 g/mol. The van der Waals surface area contributed by atoms with E-state index in [9.17, 15) is 14.7 Å².